The molecule has 0 saturated heterocycles. The number of hydrogen-bond donors (Lipinski definition) is 2. The molecule has 20 heavy (non-hydrogen) atoms. The maximum atomic E-state index is 5.73. The van der Waals surface area contributed by atoms with Crippen LogP contribution in [-0.2, 0) is 6.54 Å². The largest absolute Gasteiger partial charge is 0.368 e. The average Bonchev–Trinajstić information content (AvgIpc) is 2.44. The number of halogens is 1. The lowest BCUT2D eigenvalue weighted by atomic mass is 10.1. The summed E-state index contributed by atoms with van der Waals surface area (Å²) in [7, 11) is 0. The average molecular weight is 287 g/mol. The van der Waals surface area contributed by atoms with Crippen LogP contribution in [0.1, 0.15) is 5.56 Å². The van der Waals surface area contributed by atoms with Gasteiger partial charge in [0.1, 0.15) is 0 Å². The topological polar surface area (TPSA) is 89.6 Å². The highest BCUT2D eigenvalue weighted by atomic mass is 35.5. The van der Waals surface area contributed by atoms with Crippen LogP contribution in [-0.4, -0.2) is 19.9 Å². The second-order valence-corrected chi connectivity index (χ2v) is 4.47. The number of rotatable bonds is 3. The molecule has 3 aromatic rings. The first-order valence-corrected chi connectivity index (χ1v) is 6.34. The lowest BCUT2D eigenvalue weighted by Gasteiger charge is -2.07. The van der Waals surface area contributed by atoms with Gasteiger partial charge in [0, 0.05) is 18.1 Å². The zero-order valence-corrected chi connectivity index (χ0v) is 11.2. The van der Waals surface area contributed by atoms with Crippen LogP contribution >= 0.6 is 11.6 Å². The van der Waals surface area contributed by atoms with E-state index in [0.29, 0.717) is 12.5 Å². The molecule has 0 aliphatic rings. The summed E-state index contributed by atoms with van der Waals surface area (Å²) in [5.41, 5.74) is 7.50. The predicted molar refractivity (Wildman–Crippen MR) is 78.3 cm³/mol. The van der Waals surface area contributed by atoms with Gasteiger partial charge in [0.25, 0.3) is 0 Å². The molecule has 0 radical (unpaired) electrons. The van der Waals surface area contributed by atoms with E-state index in [0.717, 1.165) is 16.5 Å². The van der Waals surface area contributed by atoms with Crippen LogP contribution in [0.25, 0.3) is 10.9 Å². The number of fused-ring (bicyclic) bond motifs is 1. The molecule has 100 valence electrons. The minimum atomic E-state index is 0.0658. The van der Waals surface area contributed by atoms with Crippen LogP contribution in [0.4, 0.5) is 11.9 Å². The Morgan fingerprint density at radius 3 is 2.80 bits per heavy atom. The molecule has 3 rings (SSSR count). The van der Waals surface area contributed by atoms with Gasteiger partial charge in [-0.2, -0.15) is 15.0 Å². The van der Waals surface area contributed by atoms with Gasteiger partial charge >= 0.3 is 0 Å². The van der Waals surface area contributed by atoms with E-state index in [1.165, 1.54) is 0 Å². The first-order valence-electron chi connectivity index (χ1n) is 5.96. The van der Waals surface area contributed by atoms with Gasteiger partial charge in [-0.15, -0.1) is 0 Å². The molecule has 0 fully saturated rings. The lowest BCUT2D eigenvalue weighted by Crippen LogP contribution is -2.07. The second-order valence-electron chi connectivity index (χ2n) is 4.13. The number of nitrogens with zero attached hydrogens (tertiary/aromatic N) is 4. The van der Waals surface area contributed by atoms with E-state index in [1.807, 2.05) is 30.3 Å². The first kappa shape index (κ1) is 12.6. The highest BCUT2D eigenvalue weighted by molar-refractivity contribution is 6.28. The van der Waals surface area contributed by atoms with E-state index in [4.69, 9.17) is 17.3 Å². The quantitative estimate of drug-likeness (QED) is 0.768. The summed E-state index contributed by atoms with van der Waals surface area (Å²) in [6, 6.07) is 9.92. The third-order valence-corrected chi connectivity index (χ3v) is 2.95. The first-order chi connectivity index (χ1) is 9.72. The Morgan fingerprint density at radius 1 is 1.10 bits per heavy atom. The molecule has 0 spiro atoms. The Kier molecular flexibility index (Phi) is 3.30. The SMILES string of the molecule is Nc1nc(Cl)nc(NCc2cccc3cccnc23)n1. The zero-order chi connectivity index (χ0) is 13.9. The van der Waals surface area contributed by atoms with E-state index in [1.54, 1.807) is 6.20 Å². The van der Waals surface area contributed by atoms with Crippen molar-refractivity contribution < 1.29 is 0 Å². The van der Waals surface area contributed by atoms with Crippen LogP contribution in [0.3, 0.4) is 0 Å². The monoisotopic (exact) mass is 286 g/mol. The van der Waals surface area contributed by atoms with Crippen molar-refractivity contribution in [2.45, 2.75) is 6.54 Å². The molecular weight excluding hydrogens is 276 g/mol. The fourth-order valence-corrected chi connectivity index (χ4v) is 2.10. The highest BCUT2D eigenvalue weighted by Crippen LogP contribution is 2.17. The van der Waals surface area contributed by atoms with Gasteiger partial charge in [-0.05, 0) is 23.2 Å². The molecule has 0 unspecified atom stereocenters. The van der Waals surface area contributed by atoms with E-state index in [-0.39, 0.29) is 11.2 Å². The van der Waals surface area contributed by atoms with Crippen molar-refractivity contribution in [2.75, 3.05) is 11.1 Å². The number of benzene rings is 1. The summed E-state index contributed by atoms with van der Waals surface area (Å²) in [6.07, 6.45) is 1.77. The van der Waals surface area contributed by atoms with Gasteiger partial charge < -0.3 is 11.1 Å². The van der Waals surface area contributed by atoms with Crippen molar-refractivity contribution in [1.29, 1.82) is 0 Å². The molecule has 0 saturated carbocycles. The Balaban J connectivity index is 1.87. The minimum absolute atomic E-state index is 0.0658. The van der Waals surface area contributed by atoms with Crippen LogP contribution in [0, 0.1) is 0 Å². The molecule has 0 atom stereocenters. The molecule has 2 aromatic heterocycles. The van der Waals surface area contributed by atoms with Crippen molar-refractivity contribution >= 4 is 34.4 Å². The van der Waals surface area contributed by atoms with E-state index in [9.17, 15) is 0 Å². The van der Waals surface area contributed by atoms with Crippen LogP contribution < -0.4 is 11.1 Å². The number of aromatic nitrogens is 4. The molecule has 0 amide bonds. The summed E-state index contributed by atoms with van der Waals surface area (Å²) in [5, 5.41) is 4.22. The summed E-state index contributed by atoms with van der Waals surface area (Å²) >= 11 is 5.73. The van der Waals surface area contributed by atoms with Crippen LogP contribution in [0.2, 0.25) is 5.28 Å². The predicted octanol–water partition coefficient (Wildman–Crippen LogP) is 2.27. The number of nitrogens with one attached hydrogen (secondary N) is 1. The molecule has 0 aliphatic heterocycles. The van der Waals surface area contributed by atoms with Crippen molar-refractivity contribution in [3.05, 3.63) is 47.4 Å². The standard InChI is InChI=1S/C13H11ClN6/c14-11-18-12(15)20-13(19-11)17-7-9-4-1-3-8-5-2-6-16-10(8)9/h1-6H,7H2,(H3,15,17,18,19,20). The van der Waals surface area contributed by atoms with Crippen molar-refractivity contribution in [1.82, 2.24) is 19.9 Å². The minimum Gasteiger partial charge on any atom is -0.368 e. The van der Waals surface area contributed by atoms with Gasteiger partial charge in [0.2, 0.25) is 17.2 Å². The summed E-state index contributed by atoms with van der Waals surface area (Å²) in [6.45, 7) is 0.522. The van der Waals surface area contributed by atoms with Gasteiger partial charge in [0.05, 0.1) is 5.52 Å². The maximum Gasteiger partial charge on any atom is 0.229 e. The Bertz CT molecular complexity index is 735. The number of hydrogen-bond acceptors (Lipinski definition) is 6. The zero-order valence-electron chi connectivity index (χ0n) is 10.4. The lowest BCUT2D eigenvalue weighted by molar-refractivity contribution is 1.01. The van der Waals surface area contributed by atoms with E-state index >= 15 is 0 Å². The Hall–Kier alpha value is -2.47. The fraction of sp³-hybridized carbons (Fsp3) is 0.0769. The second kappa shape index (κ2) is 5.26. The molecule has 0 aliphatic carbocycles. The molecule has 3 N–H and O–H groups in total. The van der Waals surface area contributed by atoms with Crippen molar-refractivity contribution in [2.24, 2.45) is 0 Å². The van der Waals surface area contributed by atoms with Gasteiger partial charge in [-0.1, -0.05) is 24.3 Å². The Morgan fingerprint density at radius 2 is 1.95 bits per heavy atom. The number of anilines is 2. The molecule has 0 bridgehead atoms. The summed E-state index contributed by atoms with van der Waals surface area (Å²) in [4.78, 5) is 16.0. The number of nitrogens with two attached hydrogens (primary N) is 1. The van der Waals surface area contributed by atoms with E-state index < -0.39 is 0 Å². The van der Waals surface area contributed by atoms with Gasteiger partial charge in [-0.25, -0.2) is 0 Å². The van der Waals surface area contributed by atoms with Gasteiger partial charge in [0.15, 0.2) is 0 Å². The van der Waals surface area contributed by atoms with Crippen molar-refractivity contribution in [3.8, 4) is 0 Å². The number of para-hydroxylation sites is 1. The Labute approximate surface area is 120 Å². The molecule has 1 aromatic carbocycles. The normalized spacial score (nSPS) is 10.7. The molecule has 2 heterocycles. The maximum absolute atomic E-state index is 5.73. The number of pyridine rings is 1. The van der Waals surface area contributed by atoms with Crippen molar-refractivity contribution in [3.63, 3.8) is 0 Å². The third-order valence-electron chi connectivity index (χ3n) is 2.78. The molecule has 6 nitrogen and oxygen atoms in total. The summed E-state index contributed by atoms with van der Waals surface area (Å²) in [5.74, 6) is 0.430. The molecular formula is C13H11ClN6. The highest BCUT2D eigenvalue weighted by Gasteiger charge is 2.05. The fourth-order valence-electron chi connectivity index (χ4n) is 1.93. The summed E-state index contributed by atoms with van der Waals surface area (Å²) < 4.78 is 0. The smallest absolute Gasteiger partial charge is 0.229 e. The third kappa shape index (κ3) is 2.60. The number of nitrogen functional groups attached to an aromatic ring is 1. The van der Waals surface area contributed by atoms with Gasteiger partial charge in [-0.3, -0.25) is 4.98 Å². The van der Waals surface area contributed by atoms with Crippen LogP contribution in [0.15, 0.2) is 36.5 Å². The van der Waals surface area contributed by atoms with Crippen LogP contribution in [0.5, 0.6) is 0 Å². The molecule has 7 heteroatoms. The van der Waals surface area contributed by atoms with E-state index in [2.05, 4.69) is 25.3 Å².